The molecule has 0 fully saturated rings. The number of nitrogens with zero attached hydrogens (tertiary/aromatic N) is 3. The number of rotatable bonds is 1. The molecule has 3 aromatic rings. The number of thiazole rings is 1. The zero-order valence-electron chi connectivity index (χ0n) is 9.82. The van der Waals surface area contributed by atoms with Crippen LogP contribution < -0.4 is 5.73 Å². The lowest BCUT2D eigenvalue weighted by Gasteiger charge is -2.06. The Morgan fingerprint density at radius 1 is 1.16 bits per heavy atom. The molecule has 0 amide bonds. The molecule has 0 aliphatic rings. The monoisotopic (exact) mass is 398 g/mol. The van der Waals surface area contributed by atoms with Crippen molar-refractivity contribution in [3.8, 4) is 11.5 Å². The van der Waals surface area contributed by atoms with E-state index in [2.05, 4.69) is 46.8 Å². The molecule has 2 N–H and O–H groups in total. The molecule has 0 atom stereocenters. The Labute approximate surface area is 130 Å². The van der Waals surface area contributed by atoms with Gasteiger partial charge in [-0.3, -0.25) is 0 Å². The molecule has 96 valence electrons. The molecule has 0 saturated carbocycles. The zero-order valence-corrected chi connectivity index (χ0v) is 13.8. The number of hydrogen-bond donors (Lipinski definition) is 1. The van der Waals surface area contributed by atoms with Crippen LogP contribution in [0, 0.1) is 6.92 Å². The molecule has 0 saturated heterocycles. The highest BCUT2D eigenvalue weighted by atomic mass is 79.9. The van der Waals surface area contributed by atoms with Crippen molar-refractivity contribution in [2.45, 2.75) is 6.92 Å². The van der Waals surface area contributed by atoms with Gasteiger partial charge in [0.15, 0.2) is 5.82 Å². The molecule has 0 spiro atoms. The fourth-order valence-electron chi connectivity index (χ4n) is 1.76. The highest BCUT2D eigenvalue weighted by molar-refractivity contribution is 9.11. The van der Waals surface area contributed by atoms with Gasteiger partial charge in [-0.25, -0.2) is 15.0 Å². The molecule has 1 aromatic carbocycles. The minimum atomic E-state index is 0.452. The molecular formula is C12H8Br2N4S. The van der Waals surface area contributed by atoms with Crippen molar-refractivity contribution in [2.24, 2.45) is 0 Å². The molecule has 0 aliphatic carbocycles. The number of benzene rings is 1. The lowest BCUT2D eigenvalue weighted by Crippen LogP contribution is -1.98. The number of nitrogen functional groups attached to an aromatic ring is 1. The number of halogens is 2. The molecule has 7 heteroatoms. The van der Waals surface area contributed by atoms with Gasteiger partial charge in [-0.2, -0.15) is 0 Å². The van der Waals surface area contributed by atoms with E-state index in [4.69, 9.17) is 5.73 Å². The Morgan fingerprint density at radius 3 is 2.63 bits per heavy atom. The number of fused-ring (bicyclic) bond motifs is 1. The van der Waals surface area contributed by atoms with Gasteiger partial charge in [0.1, 0.15) is 11.5 Å². The van der Waals surface area contributed by atoms with E-state index < -0.39 is 0 Å². The number of aryl methyl sites for hydroxylation is 1. The van der Waals surface area contributed by atoms with Gasteiger partial charge in [-0.05, 0) is 35.0 Å². The summed E-state index contributed by atoms with van der Waals surface area (Å²) in [6, 6.07) is 3.84. The van der Waals surface area contributed by atoms with Gasteiger partial charge in [0.25, 0.3) is 0 Å². The second kappa shape index (κ2) is 4.81. The predicted octanol–water partition coefficient (Wildman–Crippen LogP) is 4.17. The van der Waals surface area contributed by atoms with Crippen molar-refractivity contribution in [2.75, 3.05) is 5.73 Å². The maximum Gasteiger partial charge on any atom is 0.181 e. The lowest BCUT2D eigenvalue weighted by molar-refractivity contribution is 1.18. The van der Waals surface area contributed by atoms with Crippen LogP contribution in [0.5, 0.6) is 0 Å². The van der Waals surface area contributed by atoms with Gasteiger partial charge in [0.2, 0.25) is 0 Å². The van der Waals surface area contributed by atoms with Crippen LogP contribution in [0.3, 0.4) is 0 Å². The molecule has 2 heterocycles. The zero-order chi connectivity index (χ0) is 13.6. The van der Waals surface area contributed by atoms with E-state index in [9.17, 15) is 0 Å². The van der Waals surface area contributed by atoms with Gasteiger partial charge >= 0.3 is 0 Å². The smallest absolute Gasteiger partial charge is 0.181 e. The summed E-state index contributed by atoms with van der Waals surface area (Å²) in [7, 11) is 0. The highest BCUT2D eigenvalue weighted by Gasteiger charge is 2.12. The largest absolute Gasteiger partial charge is 0.383 e. The summed E-state index contributed by atoms with van der Waals surface area (Å²) in [6.45, 7) is 1.95. The van der Waals surface area contributed by atoms with E-state index in [0.717, 1.165) is 30.5 Å². The third-order valence-electron chi connectivity index (χ3n) is 2.60. The van der Waals surface area contributed by atoms with Gasteiger partial charge < -0.3 is 5.73 Å². The summed E-state index contributed by atoms with van der Waals surface area (Å²) in [5.74, 6) is 1.00. The highest BCUT2D eigenvalue weighted by Crippen LogP contribution is 2.31. The first kappa shape index (κ1) is 13.0. The summed E-state index contributed by atoms with van der Waals surface area (Å²) < 4.78 is 1.80. The summed E-state index contributed by atoms with van der Waals surface area (Å²) in [6.07, 6.45) is 0. The van der Waals surface area contributed by atoms with E-state index in [1.165, 1.54) is 0 Å². The van der Waals surface area contributed by atoms with Gasteiger partial charge in [-0.1, -0.05) is 15.9 Å². The number of aromatic nitrogens is 3. The predicted molar refractivity (Wildman–Crippen MR) is 85.2 cm³/mol. The van der Waals surface area contributed by atoms with E-state index >= 15 is 0 Å². The van der Waals surface area contributed by atoms with Gasteiger partial charge in [0.05, 0.1) is 10.5 Å². The van der Waals surface area contributed by atoms with Crippen molar-refractivity contribution in [3.05, 3.63) is 31.5 Å². The van der Waals surface area contributed by atoms with Crippen LogP contribution in [0.1, 0.15) is 5.01 Å². The summed E-state index contributed by atoms with van der Waals surface area (Å²) in [5.41, 5.74) is 7.57. The molecule has 3 rings (SSSR count). The molecule has 0 bridgehead atoms. The Balaban J connectivity index is 2.30. The first-order chi connectivity index (χ1) is 9.04. The average molecular weight is 400 g/mol. The van der Waals surface area contributed by atoms with Crippen LogP contribution in [0.4, 0.5) is 5.82 Å². The van der Waals surface area contributed by atoms with Crippen LogP contribution >= 0.6 is 43.2 Å². The number of anilines is 1. The summed E-state index contributed by atoms with van der Waals surface area (Å²) >= 11 is 8.50. The molecule has 19 heavy (non-hydrogen) atoms. The fraction of sp³-hybridized carbons (Fsp3) is 0.0833. The second-order valence-electron chi connectivity index (χ2n) is 3.97. The van der Waals surface area contributed by atoms with Crippen molar-refractivity contribution >= 4 is 59.9 Å². The molecule has 2 aromatic heterocycles. The quantitative estimate of drug-likeness (QED) is 0.666. The molecule has 0 unspecified atom stereocenters. The van der Waals surface area contributed by atoms with Crippen molar-refractivity contribution in [3.63, 3.8) is 0 Å². The van der Waals surface area contributed by atoms with E-state index in [1.807, 2.05) is 24.4 Å². The Morgan fingerprint density at radius 2 is 1.95 bits per heavy atom. The third kappa shape index (κ3) is 2.37. The summed E-state index contributed by atoms with van der Waals surface area (Å²) in [5, 5.41) is 3.73. The second-order valence-corrected chi connectivity index (χ2v) is 6.80. The average Bonchev–Trinajstić information content (AvgIpc) is 2.77. The Kier molecular flexibility index (Phi) is 3.28. The van der Waals surface area contributed by atoms with Crippen LogP contribution in [-0.2, 0) is 0 Å². The standard InChI is InChI=1S/C12H8Br2N4S/c1-5-16-9(4-19-5)12-17-10-7(11(15)18-12)2-6(13)3-8(10)14/h2-4H,1H3,(H2,15,17,18). The van der Waals surface area contributed by atoms with Crippen LogP contribution in [0.25, 0.3) is 22.4 Å². The molecule has 0 radical (unpaired) electrons. The Hall–Kier alpha value is -1.05. The van der Waals surface area contributed by atoms with Crippen LogP contribution in [-0.4, -0.2) is 15.0 Å². The summed E-state index contributed by atoms with van der Waals surface area (Å²) in [4.78, 5) is 13.3. The van der Waals surface area contributed by atoms with Gasteiger partial charge in [-0.15, -0.1) is 11.3 Å². The maximum atomic E-state index is 6.02. The molecular weight excluding hydrogens is 392 g/mol. The Bertz CT molecular complexity index is 785. The van der Waals surface area contributed by atoms with Crippen molar-refractivity contribution in [1.82, 2.24) is 15.0 Å². The number of nitrogens with two attached hydrogens (primary N) is 1. The van der Waals surface area contributed by atoms with Crippen molar-refractivity contribution in [1.29, 1.82) is 0 Å². The van der Waals surface area contributed by atoms with Crippen LogP contribution in [0.2, 0.25) is 0 Å². The topological polar surface area (TPSA) is 64.7 Å². The molecule has 0 aliphatic heterocycles. The molecule has 4 nitrogen and oxygen atoms in total. The minimum Gasteiger partial charge on any atom is -0.383 e. The normalized spacial score (nSPS) is 11.1. The van der Waals surface area contributed by atoms with Gasteiger partial charge in [0, 0.05) is 19.7 Å². The lowest BCUT2D eigenvalue weighted by atomic mass is 10.2. The first-order valence-electron chi connectivity index (χ1n) is 5.39. The third-order valence-corrected chi connectivity index (χ3v) is 4.43. The van der Waals surface area contributed by atoms with E-state index in [1.54, 1.807) is 11.3 Å². The first-order valence-corrected chi connectivity index (χ1v) is 7.86. The SMILES string of the molecule is Cc1nc(-c2nc(N)c3cc(Br)cc(Br)c3n2)cs1. The van der Waals surface area contributed by atoms with E-state index in [-0.39, 0.29) is 0 Å². The number of hydrogen-bond acceptors (Lipinski definition) is 5. The van der Waals surface area contributed by atoms with E-state index in [0.29, 0.717) is 11.6 Å². The van der Waals surface area contributed by atoms with Crippen molar-refractivity contribution < 1.29 is 0 Å². The fourth-order valence-corrected chi connectivity index (χ4v) is 3.67. The maximum absolute atomic E-state index is 6.02. The van der Waals surface area contributed by atoms with Crippen LogP contribution in [0.15, 0.2) is 26.5 Å². The minimum absolute atomic E-state index is 0.452.